The molecule has 8 nitrogen and oxygen atoms in total. The molecular weight excluding hydrogens is 436 g/mol. The largest absolute Gasteiger partial charge is 0.507 e. The molecule has 8 heteroatoms. The third-order valence-electron chi connectivity index (χ3n) is 6.34. The van der Waals surface area contributed by atoms with Crippen molar-refractivity contribution in [2.75, 3.05) is 46.5 Å². The molecule has 1 N–H and O–H groups in total. The number of amides is 1. The second-order valence-electron chi connectivity index (χ2n) is 8.12. The highest BCUT2D eigenvalue weighted by atomic mass is 16.6. The maximum Gasteiger partial charge on any atom is 0.295 e. The summed E-state index contributed by atoms with van der Waals surface area (Å²) in [5, 5.41) is 11.3. The maximum atomic E-state index is 13.3. The van der Waals surface area contributed by atoms with E-state index in [0.717, 1.165) is 13.1 Å². The van der Waals surface area contributed by atoms with Crippen LogP contribution in [0.1, 0.15) is 31.0 Å². The third kappa shape index (κ3) is 4.33. The Morgan fingerprint density at radius 2 is 1.79 bits per heavy atom. The molecule has 1 unspecified atom stereocenters. The number of likely N-dealkylation sites (tertiary alicyclic amines) is 1. The number of likely N-dealkylation sites (N-methyl/N-ethyl adjacent to an activating group) is 1. The van der Waals surface area contributed by atoms with E-state index in [2.05, 4.69) is 18.7 Å². The number of para-hydroxylation sites is 1. The molecule has 0 aromatic heterocycles. The van der Waals surface area contributed by atoms with Crippen LogP contribution < -0.4 is 14.2 Å². The van der Waals surface area contributed by atoms with Gasteiger partial charge in [-0.1, -0.05) is 32.0 Å². The fourth-order valence-electron chi connectivity index (χ4n) is 4.46. The summed E-state index contributed by atoms with van der Waals surface area (Å²) >= 11 is 0. The summed E-state index contributed by atoms with van der Waals surface area (Å²) in [5.41, 5.74) is 1.06. The smallest absolute Gasteiger partial charge is 0.295 e. The summed E-state index contributed by atoms with van der Waals surface area (Å²) in [7, 11) is 1.54. The topological polar surface area (TPSA) is 88.5 Å². The summed E-state index contributed by atoms with van der Waals surface area (Å²) in [6.07, 6.45) is 0. The molecule has 0 aliphatic carbocycles. The first kappa shape index (κ1) is 23.6. The lowest BCUT2D eigenvalue weighted by Gasteiger charge is -2.29. The van der Waals surface area contributed by atoms with Gasteiger partial charge in [-0.3, -0.25) is 9.59 Å². The minimum absolute atomic E-state index is 0.0331. The van der Waals surface area contributed by atoms with Gasteiger partial charge in [-0.25, -0.2) is 0 Å². The minimum atomic E-state index is -0.778. The first-order valence-corrected chi connectivity index (χ1v) is 11.5. The van der Waals surface area contributed by atoms with E-state index in [1.54, 1.807) is 31.4 Å². The Labute approximate surface area is 199 Å². The molecule has 2 aliphatic rings. The van der Waals surface area contributed by atoms with Crippen molar-refractivity contribution in [2.24, 2.45) is 0 Å². The van der Waals surface area contributed by atoms with E-state index in [0.29, 0.717) is 54.7 Å². The zero-order chi connectivity index (χ0) is 24.2. The zero-order valence-electron chi connectivity index (χ0n) is 19.7. The van der Waals surface area contributed by atoms with Crippen molar-refractivity contribution in [3.63, 3.8) is 0 Å². The Kier molecular flexibility index (Phi) is 7.07. The van der Waals surface area contributed by atoms with Crippen LogP contribution in [0.2, 0.25) is 0 Å². The fraction of sp³-hybridized carbons (Fsp3) is 0.385. The van der Waals surface area contributed by atoms with Crippen LogP contribution in [0.25, 0.3) is 5.76 Å². The molecule has 0 saturated carbocycles. The second kappa shape index (κ2) is 10.2. The van der Waals surface area contributed by atoms with Crippen LogP contribution in [-0.4, -0.2) is 73.1 Å². The Hall–Kier alpha value is -3.52. The summed E-state index contributed by atoms with van der Waals surface area (Å²) < 4.78 is 16.8. The van der Waals surface area contributed by atoms with Crippen LogP contribution in [0.5, 0.6) is 17.2 Å². The molecule has 2 aliphatic heterocycles. The third-order valence-corrected chi connectivity index (χ3v) is 6.34. The Morgan fingerprint density at radius 3 is 2.50 bits per heavy atom. The SMILES string of the molecule is CCN(CC)CCN1C(=O)C(=O)/C(=C(/O)c2ccc3c(c2)OCCO3)C1c1ccccc1OC. The lowest BCUT2D eigenvalue weighted by Crippen LogP contribution is -2.38. The number of nitrogens with zero attached hydrogens (tertiary/aromatic N) is 2. The number of ketones is 1. The van der Waals surface area contributed by atoms with Crippen LogP contribution in [0.4, 0.5) is 0 Å². The van der Waals surface area contributed by atoms with Gasteiger partial charge in [0.15, 0.2) is 11.5 Å². The number of Topliss-reactive ketones (excluding diaryl/α,β-unsaturated/α-hetero) is 1. The van der Waals surface area contributed by atoms with Crippen molar-refractivity contribution >= 4 is 17.4 Å². The molecule has 2 heterocycles. The van der Waals surface area contributed by atoms with Gasteiger partial charge in [-0.05, 0) is 37.4 Å². The molecule has 0 spiro atoms. The molecule has 2 aromatic carbocycles. The molecule has 2 aromatic rings. The molecule has 1 atom stereocenters. The minimum Gasteiger partial charge on any atom is -0.507 e. The number of benzene rings is 2. The molecule has 1 fully saturated rings. The van der Waals surface area contributed by atoms with Gasteiger partial charge >= 0.3 is 0 Å². The first-order chi connectivity index (χ1) is 16.5. The monoisotopic (exact) mass is 466 g/mol. The number of fused-ring (bicyclic) bond motifs is 1. The predicted molar refractivity (Wildman–Crippen MR) is 127 cm³/mol. The number of hydrogen-bond acceptors (Lipinski definition) is 7. The number of aliphatic hydroxyl groups excluding tert-OH is 1. The lowest BCUT2D eigenvalue weighted by atomic mass is 9.94. The van der Waals surface area contributed by atoms with Crippen molar-refractivity contribution in [3.8, 4) is 17.2 Å². The van der Waals surface area contributed by atoms with Gasteiger partial charge in [0.1, 0.15) is 24.7 Å². The summed E-state index contributed by atoms with van der Waals surface area (Å²) in [6, 6.07) is 11.5. The van der Waals surface area contributed by atoms with Crippen LogP contribution in [-0.2, 0) is 9.59 Å². The van der Waals surface area contributed by atoms with Crippen LogP contribution in [0.15, 0.2) is 48.0 Å². The number of ether oxygens (including phenoxy) is 3. The quantitative estimate of drug-likeness (QED) is 0.363. The van der Waals surface area contributed by atoms with E-state index in [-0.39, 0.29) is 11.3 Å². The van der Waals surface area contributed by atoms with Gasteiger partial charge < -0.3 is 29.1 Å². The molecule has 1 saturated heterocycles. The highest BCUT2D eigenvalue weighted by Gasteiger charge is 2.47. The van der Waals surface area contributed by atoms with Gasteiger partial charge in [0.25, 0.3) is 11.7 Å². The highest BCUT2D eigenvalue weighted by Crippen LogP contribution is 2.43. The first-order valence-electron chi connectivity index (χ1n) is 11.5. The molecule has 0 bridgehead atoms. The highest BCUT2D eigenvalue weighted by molar-refractivity contribution is 6.46. The molecule has 34 heavy (non-hydrogen) atoms. The standard InChI is InChI=1S/C26H30N2O6/c1-4-27(5-2)12-13-28-23(18-8-6-7-9-19(18)32-3)22(25(30)26(28)31)24(29)17-10-11-20-21(16-17)34-15-14-33-20/h6-11,16,23,29H,4-5,12-15H2,1-3H3/b24-22+. The van der Waals surface area contributed by atoms with Crippen molar-refractivity contribution in [2.45, 2.75) is 19.9 Å². The van der Waals surface area contributed by atoms with E-state index in [9.17, 15) is 14.7 Å². The average molecular weight is 467 g/mol. The Bertz CT molecular complexity index is 1110. The molecule has 1 amide bonds. The van der Waals surface area contributed by atoms with Crippen molar-refractivity contribution in [3.05, 3.63) is 59.2 Å². The molecular formula is C26H30N2O6. The van der Waals surface area contributed by atoms with Gasteiger partial charge in [0.2, 0.25) is 0 Å². The number of carbonyl (C=O) groups is 2. The van der Waals surface area contributed by atoms with E-state index < -0.39 is 17.7 Å². The van der Waals surface area contributed by atoms with Crippen LogP contribution >= 0.6 is 0 Å². The van der Waals surface area contributed by atoms with E-state index in [4.69, 9.17) is 14.2 Å². The second-order valence-corrected chi connectivity index (χ2v) is 8.12. The van der Waals surface area contributed by atoms with Gasteiger partial charge in [-0.15, -0.1) is 0 Å². The zero-order valence-corrected chi connectivity index (χ0v) is 19.7. The Morgan fingerprint density at radius 1 is 1.09 bits per heavy atom. The normalized spacial score (nSPS) is 19.1. The molecule has 4 rings (SSSR count). The number of carbonyl (C=O) groups excluding carboxylic acids is 2. The summed E-state index contributed by atoms with van der Waals surface area (Å²) in [5.74, 6) is -0.0134. The Balaban J connectivity index is 1.82. The predicted octanol–water partition coefficient (Wildman–Crippen LogP) is 3.23. The summed E-state index contributed by atoms with van der Waals surface area (Å²) in [6.45, 7) is 7.56. The van der Waals surface area contributed by atoms with E-state index in [1.165, 1.54) is 4.90 Å². The maximum absolute atomic E-state index is 13.3. The number of rotatable bonds is 8. The number of aliphatic hydroxyl groups is 1. The fourth-order valence-corrected chi connectivity index (χ4v) is 4.46. The average Bonchev–Trinajstić information content (AvgIpc) is 3.13. The van der Waals surface area contributed by atoms with Crippen LogP contribution in [0, 0.1) is 0 Å². The van der Waals surface area contributed by atoms with E-state index >= 15 is 0 Å². The van der Waals surface area contributed by atoms with Gasteiger partial charge in [-0.2, -0.15) is 0 Å². The van der Waals surface area contributed by atoms with Gasteiger partial charge in [0.05, 0.1) is 18.7 Å². The van der Waals surface area contributed by atoms with Gasteiger partial charge in [0, 0.05) is 24.2 Å². The van der Waals surface area contributed by atoms with Crippen molar-refractivity contribution < 1.29 is 28.9 Å². The van der Waals surface area contributed by atoms with Crippen molar-refractivity contribution in [1.82, 2.24) is 9.80 Å². The van der Waals surface area contributed by atoms with E-state index in [1.807, 2.05) is 18.2 Å². The van der Waals surface area contributed by atoms with Crippen LogP contribution in [0.3, 0.4) is 0 Å². The van der Waals surface area contributed by atoms with Crippen molar-refractivity contribution in [1.29, 1.82) is 0 Å². The number of hydrogen-bond donors (Lipinski definition) is 1. The lowest BCUT2D eigenvalue weighted by molar-refractivity contribution is -0.140. The summed E-state index contributed by atoms with van der Waals surface area (Å²) in [4.78, 5) is 30.2. The molecule has 0 radical (unpaired) electrons. The molecule has 180 valence electrons. The number of methoxy groups -OCH3 is 1.